The van der Waals surface area contributed by atoms with Crippen molar-refractivity contribution >= 4 is 29.3 Å². The average Bonchev–Trinajstić information content (AvgIpc) is 3.27. The fourth-order valence-electron chi connectivity index (χ4n) is 4.11. The van der Waals surface area contributed by atoms with Gasteiger partial charge < -0.3 is 20.1 Å². The third kappa shape index (κ3) is 5.51. The highest BCUT2D eigenvalue weighted by Crippen LogP contribution is 2.40. The Morgan fingerprint density at radius 3 is 2.58 bits per heavy atom. The van der Waals surface area contributed by atoms with Crippen LogP contribution in [0.15, 0.2) is 65.0 Å². The van der Waals surface area contributed by atoms with E-state index in [0.717, 1.165) is 29.9 Å². The SMILES string of the molecule is CCCCOc1ccccc1C1C(C(=O)Nc2ccccc2OCC)=C(C)Nc2nc(SCC)nn21. The van der Waals surface area contributed by atoms with Gasteiger partial charge in [0.15, 0.2) is 0 Å². The quantitative estimate of drug-likeness (QED) is 0.247. The van der Waals surface area contributed by atoms with Crippen LogP contribution >= 0.6 is 11.8 Å². The zero-order valence-corrected chi connectivity index (χ0v) is 22.0. The van der Waals surface area contributed by atoms with E-state index in [-0.39, 0.29) is 5.91 Å². The summed E-state index contributed by atoms with van der Waals surface area (Å²) in [5, 5.41) is 11.8. The molecule has 8 nitrogen and oxygen atoms in total. The summed E-state index contributed by atoms with van der Waals surface area (Å²) in [6, 6.07) is 14.8. The number of allylic oxidation sites excluding steroid dienone is 1. The first-order valence-corrected chi connectivity index (χ1v) is 13.4. The molecule has 36 heavy (non-hydrogen) atoms. The lowest BCUT2D eigenvalue weighted by atomic mass is 9.94. The van der Waals surface area contributed by atoms with Crippen LogP contribution in [0.4, 0.5) is 11.6 Å². The molecule has 1 unspecified atom stereocenters. The Morgan fingerprint density at radius 1 is 1.08 bits per heavy atom. The molecule has 4 rings (SSSR count). The van der Waals surface area contributed by atoms with Gasteiger partial charge in [0.1, 0.15) is 17.5 Å². The van der Waals surface area contributed by atoms with Crippen molar-refractivity contribution in [3.8, 4) is 11.5 Å². The monoisotopic (exact) mass is 507 g/mol. The van der Waals surface area contributed by atoms with Crippen molar-refractivity contribution in [1.29, 1.82) is 0 Å². The van der Waals surface area contributed by atoms with E-state index >= 15 is 0 Å². The highest BCUT2D eigenvalue weighted by Gasteiger charge is 2.36. The van der Waals surface area contributed by atoms with Crippen molar-refractivity contribution in [3.05, 3.63) is 65.4 Å². The number of rotatable bonds is 11. The second kappa shape index (κ2) is 12.0. The molecule has 2 aromatic carbocycles. The number of hydrogen-bond acceptors (Lipinski definition) is 7. The maximum Gasteiger partial charge on any atom is 0.255 e. The van der Waals surface area contributed by atoms with Crippen molar-refractivity contribution in [2.45, 2.75) is 51.7 Å². The number of thioether (sulfide) groups is 1. The molecule has 0 aliphatic carbocycles. The molecule has 0 bridgehead atoms. The van der Waals surface area contributed by atoms with Crippen LogP contribution in [-0.2, 0) is 4.79 Å². The molecular formula is C27H33N5O3S. The zero-order chi connectivity index (χ0) is 25.5. The second-order valence-electron chi connectivity index (χ2n) is 8.28. The van der Waals surface area contributed by atoms with E-state index < -0.39 is 6.04 Å². The van der Waals surface area contributed by atoms with Gasteiger partial charge in [-0.1, -0.05) is 62.4 Å². The lowest BCUT2D eigenvalue weighted by molar-refractivity contribution is -0.113. The number of ether oxygens (including phenoxy) is 2. The fourth-order valence-corrected chi connectivity index (χ4v) is 4.66. The molecule has 1 aliphatic heterocycles. The summed E-state index contributed by atoms with van der Waals surface area (Å²) in [5.74, 6) is 2.56. The van der Waals surface area contributed by atoms with Crippen LogP contribution in [0.25, 0.3) is 0 Å². The number of carbonyl (C=O) groups excluding carboxylic acids is 1. The third-order valence-electron chi connectivity index (χ3n) is 5.76. The number of benzene rings is 2. The number of nitrogens with zero attached hydrogens (tertiary/aromatic N) is 3. The molecule has 3 aromatic rings. The van der Waals surface area contributed by atoms with Crippen LogP contribution in [0.2, 0.25) is 0 Å². The lowest BCUT2D eigenvalue weighted by Crippen LogP contribution is -2.32. The summed E-state index contributed by atoms with van der Waals surface area (Å²) in [6.07, 6.45) is 1.98. The van der Waals surface area contributed by atoms with E-state index in [1.54, 1.807) is 16.4 Å². The van der Waals surface area contributed by atoms with Gasteiger partial charge in [-0.05, 0) is 44.2 Å². The first-order chi connectivity index (χ1) is 17.6. The molecule has 9 heteroatoms. The number of carbonyl (C=O) groups is 1. The van der Waals surface area contributed by atoms with Crippen LogP contribution in [-0.4, -0.2) is 39.6 Å². The molecule has 2 heterocycles. The highest BCUT2D eigenvalue weighted by atomic mass is 32.2. The van der Waals surface area contributed by atoms with Gasteiger partial charge in [0.05, 0.1) is 24.5 Å². The minimum absolute atomic E-state index is 0.244. The van der Waals surface area contributed by atoms with Crippen molar-refractivity contribution in [3.63, 3.8) is 0 Å². The van der Waals surface area contributed by atoms with Crippen LogP contribution in [0.5, 0.6) is 11.5 Å². The van der Waals surface area contributed by atoms with Crippen molar-refractivity contribution in [2.75, 3.05) is 29.6 Å². The number of aromatic nitrogens is 3. The normalized spacial score (nSPS) is 14.7. The smallest absolute Gasteiger partial charge is 0.255 e. The number of hydrogen-bond donors (Lipinski definition) is 2. The molecule has 190 valence electrons. The number of amides is 1. The molecule has 1 aliphatic rings. The van der Waals surface area contributed by atoms with E-state index in [1.807, 2.05) is 62.4 Å². The van der Waals surface area contributed by atoms with E-state index in [9.17, 15) is 4.79 Å². The summed E-state index contributed by atoms with van der Waals surface area (Å²) in [7, 11) is 0. The first-order valence-electron chi connectivity index (χ1n) is 12.4. The van der Waals surface area contributed by atoms with E-state index in [2.05, 4.69) is 29.5 Å². The van der Waals surface area contributed by atoms with Crippen molar-refractivity contribution < 1.29 is 14.3 Å². The zero-order valence-electron chi connectivity index (χ0n) is 21.2. The topological polar surface area (TPSA) is 90.3 Å². The van der Waals surface area contributed by atoms with Crippen LogP contribution in [0, 0.1) is 0 Å². The largest absolute Gasteiger partial charge is 0.493 e. The molecule has 1 amide bonds. The van der Waals surface area contributed by atoms with Gasteiger partial charge in [0, 0.05) is 11.3 Å². The van der Waals surface area contributed by atoms with Crippen LogP contribution in [0.3, 0.4) is 0 Å². The predicted molar refractivity (Wildman–Crippen MR) is 144 cm³/mol. The minimum Gasteiger partial charge on any atom is -0.493 e. The Bertz CT molecular complexity index is 1240. The maximum absolute atomic E-state index is 13.9. The highest BCUT2D eigenvalue weighted by molar-refractivity contribution is 7.99. The summed E-state index contributed by atoms with van der Waals surface area (Å²) in [5.41, 5.74) is 2.72. The summed E-state index contributed by atoms with van der Waals surface area (Å²) in [6.45, 7) is 9.10. The lowest BCUT2D eigenvalue weighted by Gasteiger charge is -2.29. The maximum atomic E-state index is 13.9. The number of unbranched alkanes of at least 4 members (excludes halogenated alkanes) is 1. The summed E-state index contributed by atoms with van der Waals surface area (Å²) >= 11 is 1.56. The van der Waals surface area contributed by atoms with Gasteiger partial charge in [-0.3, -0.25) is 4.79 Å². The molecule has 0 radical (unpaired) electrons. The Hall–Kier alpha value is -3.46. The van der Waals surface area contributed by atoms with Gasteiger partial charge >= 0.3 is 0 Å². The third-order valence-corrected chi connectivity index (χ3v) is 6.48. The van der Waals surface area contributed by atoms with Gasteiger partial charge in [0.25, 0.3) is 5.91 Å². The van der Waals surface area contributed by atoms with Crippen LogP contribution in [0.1, 0.15) is 52.1 Å². The van der Waals surface area contributed by atoms with Gasteiger partial charge in [-0.15, -0.1) is 5.10 Å². The molecular weight excluding hydrogens is 474 g/mol. The molecule has 0 saturated carbocycles. The number of para-hydroxylation sites is 3. The molecule has 1 atom stereocenters. The number of nitrogens with one attached hydrogen (secondary N) is 2. The standard InChI is InChI=1S/C27H33N5O3S/c1-5-8-17-35-21-15-11-9-13-19(21)24-23(18(4)28-26-30-27(36-7-3)31-32(24)26)25(33)29-20-14-10-12-16-22(20)34-6-2/h9-16,24H,5-8,17H2,1-4H3,(H,29,33)(H,28,30,31). The van der Waals surface area contributed by atoms with Gasteiger partial charge in [-0.25, -0.2) is 4.68 Å². The van der Waals surface area contributed by atoms with E-state index in [1.165, 1.54) is 0 Å². The van der Waals surface area contributed by atoms with Gasteiger partial charge in [0.2, 0.25) is 11.1 Å². The van der Waals surface area contributed by atoms with Crippen LogP contribution < -0.4 is 20.1 Å². The first kappa shape index (κ1) is 25.6. The Balaban J connectivity index is 1.78. The Kier molecular flexibility index (Phi) is 8.53. The van der Waals surface area contributed by atoms with E-state index in [4.69, 9.17) is 14.6 Å². The number of anilines is 2. The average molecular weight is 508 g/mol. The molecule has 1 aromatic heterocycles. The molecule has 0 fully saturated rings. The Morgan fingerprint density at radius 2 is 1.83 bits per heavy atom. The van der Waals surface area contributed by atoms with Crippen molar-refractivity contribution in [2.24, 2.45) is 0 Å². The predicted octanol–water partition coefficient (Wildman–Crippen LogP) is 5.90. The second-order valence-corrected chi connectivity index (χ2v) is 9.52. The Labute approximate surface area is 216 Å². The number of fused-ring (bicyclic) bond motifs is 1. The summed E-state index contributed by atoms with van der Waals surface area (Å²) in [4.78, 5) is 18.5. The van der Waals surface area contributed by atoms with E-state index in [0.29, 0.717) is 47.0 Å². The summed E-state index contributed by atoms with van der Waals surface area (Å²) < 4.78 is 13.7. The molecule has 2 N–H and O–H groups in total. The fraction of sp³-hybridized carbons (Fsp3) is 0.370. The van der Waals surface area contributed by atoms with Crippen molar-refractivity contribution in [1.82, 2.24) is 14.8 Å². The molecule has 0 saturated heterocycles. The minimum atomic E-state index is -0.517. The van der Waals surface area contributed by atoms with Gasteiger partial charge in [-0.2, -0.15) is 4.98 Å². The molecule has 0 spiro atoms.